The predicted molar refractivity (Wildman–Crippen MR) is 75.4 cm³/mol. The van der Waals surface area contributed by atoms with Crippen LogP contribution in [0.5, 0.6) is 0 Å². The summed E-state index contributed by atoms with van der Waals surface area (Å²) in [5, 5.41) is 0. The van der Waals surface area contributed by atoms with E-state index in [0.717, 1.165) is 10.4 Å². The number of anilines is 2. The lowest BCUT2D eigenvalue weighted by molar-refractivity contribution is 0.585. The van der Waals surface area contributed by atoms with Crippen molar-refractivity contribution in [2.75, 3.05) is 17.1 Å². The van der Waals surface area contributed by atoms with Crippen molar-refractivity contribution in [3.05, 3.63) is 47.9 Å². The molecule has 0 saturated heterocycles. The Kier molecular flexibility index (Phi) is 3.63. The number of pyridine rings is 1. The van der Waals surface area contributed by atoms with E-state index in [1.807, 2.05) is 0 Å². The van der Waals surface area contributed by atoms with Crippen molar-refractivity contribution in [2.24, 2.45) is 0 Å². The van der Waals surface area contributed by atoms with Gasteiger partial charge in [0.1, 0.15) is 11.6 Å². The van der Waals surface area contributed by atoms with E-state index in [-0.39, 0.29) is 22.0 Å². The molecule has 2 rings (SSSR count). The molecule has 2 aromatic rings. The first kappa shape index (κ1) is 14.3. The van der Waals surface area contributed by atoms with Gasteiger partial charge in [-0.05, 0) is 31.2 Å². The number of nitrogens with two attached hydrogens (primary N) is 1. The molecule has 2 N–H and O–H groups in total. The first-order valence-corrected chi connectivity index (χ1v) is 7.23. The van der Waals surface area contributed by atoms with E-state index < -0.39 is 15.8 Å². The van der Waals surface area contributed by atoms with Crippen LogP contribution in [0, 0.1) is 12.7 Å². The number of sulfonamides is 1. The van der Waals surface area contributed by atoms with Crippen molar-refractivity contribution in [2.45, 2.75) is 11.8 Å². The molecule has 0 saturated carbocycles. The van der Waals surface area contributed by atoms with E-state index in [1.165, 1.54) is 26.2 Å². The summed E-state index contributed by atoms with van der Waals surface area (Å²) in [6, 6.07) is 7.23. The zero-order valence-corrected chi connectivity index (χ0v) is 11.9. The monoisotopic (exact) mass is 295 g/mol. The molecule has 5 nitrogen and oxygen atoms in total. The lowest BCUT2D eigenvalue weighted by Gasteiger charge is -2.20. The van der Waals surface area contributed by atoms with Crippen molar-refractivity contribution in [1.29, 1.82) is 0 Å². The number of benzene rings is 1. The maximum Gasteiger partial charge on any atom is 0.265 e. The van der Waals surface area contributed by atoms with Gasteiger partial charge in [0.25, 0.3) is 10.0 Å². The van der Waals surface area contributed by atoms with Crippen LogP contribution in [-0.4, -0.2) is 20.4 Å². The second kappa shape index (κ2) is 5.09. The van der Waals surface area contributed by atoms with E-state index in [1.54, 1.807) is 18.2 Å². The Morgan fingerprint density at radius 1 is 1.30 bits per heavy atom. The Labute approximate surface area is 116 Å². The molecule has 106 valence electrons. The summed E-state index contributed by atoms with van der Waals surface area (Å²) in [5.41, 5.74) is 5.61. The molecule has 0 aliphatic rings. The largest absolute Gasteiger partial charge is 0.399 e. The Morgan fingerprint density at radius 2 is 2.00 bits per heavy atom. The zero-order chi connectivity index (χ0) is 14.9. The van der Waals surface area contributed by atoms with Crippen molar-refractivity contribution in [1.82, 2.24) is 4.98 Å². The van der Waals surface area contributed by atoms with Crippen LogP contribution in [0.4, 0.5) is 15.9 Å². The molecular formula is C13H14FN3O2S. The Hall–Kier alpha value is -2.15. The molecule has 1 heterocycles. The molecule has 0 bridgehead atoms. The molecule has 1 aromatic carbocycles. The lowest BCUT2D eigenvalue weighted by Crippen LogP contribution is -2.28. The fourth-order valence-electron chi connectivity index (χ4n) is 1.75. The van der Waals surface area contributed by atoms with Gasteiger partial charge in [-0.25, -0.2) is 17.8 Å². The molecule has 0 atom stereocenters. The lowest BCUT2D eigenvalue weighted by atomic mass is 10.2. The highest BCUT2D eigenvalue weighted by atomic mass is 32.2. The second-order valence-corrected chi connectivity index (χ2v) is 6.22. The third kappa shape index (κ3) is 2.44. The van der Waals surface area contributed by atoms with Crippen LogP contribution in [0.15, 0.2) is 41.4 Å². The normalized spacial score (nSPS) is 11.3. The highest BCUT2D eigenvalue weighted by molar-refractivity contribution is 7.92. The summed E-state index contributed by atoms with van der Waals surface area (Å²) < 4.78 is 39.7. The van der Waals surface area contributed by atoms with Gasteiger partial charge < -0.3 is 5.73 Å². The fraction of sp³-hybridized carbons (Fsp3) is 0.154. The number of hydrogen-bond acceptors (Lipinski definition) is 4. The van der Waals surface area contributed by atoms with E-state index in [2.05, 4.69) is 4.98 Å². The minimum atomic E-state index is -3.92. The van der Waals surface area contributed by atoms with Crippen LogP contribution in [0.25, 0.3) is 0 Å². The van der Waals surface area contributed by atoms with Gasteiger partial charge in [0, 0.05) is 24.5 Å². The molecule has 0 unspecified atom stereocenters. The summed E-state index contributed by atoms with van der Waals surface area (Å²) in [6.45, 7) is 1.40. The highest BCUT2D eigenvalue weighted by Gasteiger charge is 2.25. The van der Waals surface area contributed by atoms with Gasteiger partial charge in [0.15, 0.2) is 0 Å². The van der Waals surface area contributed by atoms with Crippen LogP contribution in [0.3, 0.4) is 0 Å². The number of rotatable bonds is 3. The first-order chi connectivity index (χ1) is 9.34. The van der Waals surface area contributed by atoms with E-state index in [9.17, 15) is 12.8 Å². The Bertz CT molecular complexity index is 733. The molecule has 0 spiro atoms. The number of nitrogens with zero attached hydrogens (tertiary/aromatic N) is 2. The molecule has 0 aliphatic carbocycles. The topological polar surface area (TPSA) is 76.3 Å². The maximum atomic E-state index is 13.7. The fourth-order valence-corrected chi connectivity index (χ4v) is 3.17. The third-order valence-corrected chi connectivity index (χ3v) is 4.82. The second-order valence-electron chi connectivity index (χ2n) is 4.29. The minimum absolute atomic E-state index is 0.0296. The molecular weight excluding hydrogens is 281 g/mol. The van der Waals surface area contributed by atoms with Crippen LogP contribution >= 0.6 is 0 Å². The molecule has 7 heteroatoms. The molecule has 20 heavy (non-hydrogen) atoms. The minimum Gasteiger partial charge on any atom is -0.399 e. The average Bonchev–Trinajstić information content (AvgIpc) is 2.42. The van der Waals surface area contributed by atoms with Gasteiger partial charge >= 0.3 is 0 Å². The van der Waals surface area contributed by atoms with E-state index in [4.69, 9.17) is 5.73 Å². The van der Waals surface area contributed by atoms with Crippen LogP contribution in [-0.2, 0) is 10.0 Å². The van der Waals surface area contributed by atoms with Crippen LogP contribution < -0.4 is 10.0 Å². The number of aromatic nitrogens is 1. The number of hydrogen-bond donors (Lipinski definition) is 1. The van der Waals surface area contributed by atoms with Gasteiger partial charge in [-0.15, -0.1) is 0 Å². The van der Waals surface area contributed by atoms with Gasteiger partial charge in [-0.3, -0.25) is 4.31 Å². The van der Waals surface area contributed by atoms with Crippen LogP contribution in [0.2, 0.25) is 0 Å². The Morgan fingerprint density at radius 3 is 2.60 bits per heavy atom. The summed E-state index contributed by atoms with van der Waals surface area (Å²) in [5.74, 6) is -0.410. The summed E-state index contributed by atoms with van der Waals surface area (Å²) in [4.78, 5) is 3.80. The van der Waals surface area contributed by atoms with Crippen molar-refractivity contribution < 1.29 is 12.8 Å². The maximum absolute atomic E-state index is 13.7. The van der Waals surface area contributed by atoms with Gasteiger partial charge in [0.05, 0.1) is 4.90 Å². The molecule has 1 aromatic heterocycles. The molecule has 0 radical (unpaired) electrons. The van der Waals surface area contributed by atoms with Gasteiger partial charge in [0.2, 0.25) is 0 Å². The average molecular weight is 295 g/mol. The predicted octanol–water partition coefficient (Wildman–Crippen LogP) is 1.94. The Balaban J connectivity index is 2.57. The first-order valence-electron chi connectivity index (χ1n) is 5.79. The third-order valence-electron chi connectivity index (χ3n) is 2.93. The quantitative estimate of drug-likeness (QED) is 0.878. The summed E-state index contributed by atoms with van der Waals surface area (Å²) in [7, 11) is -2.56. The van der Waals surface area contributed by atoms with Crippen LogP contribution in [0.1, 0.15) is 5.56 Å². The number of nitrogen functional groups attached to an aromatic ring is 1. The van der Waals surface area contributed by atoms with Crippen molar-refractivity contribution in [3.63, 3.8) is 0 Å². The highest BCUT2D eigenvalue weighted by Crippen LogP contribution is 2.26. The van der Waals surface area contributed by atoms with Gasteiger partial charge in [-0.2, -0.15) is 0 Å². The van der Waals surface area contributed by atoms with Crippen molar-refractivity contribution >= 4 is 21.5 Å². The zero-order valence-electron chi connectivity index (χ0n) is 11.0. The summed E-state index contributed by atoms with van der Waals surface area (Å²) in [6.07, 6.45) is 1.48. The van der Waals surface area contributed by atoms with Crippen molar-refractivity contribution in [3.8, 4) is 0 Å². The molecule has 0 amide bonds. The van der Waals surface area contributed by atoms with Gasteiger partial charge in [-0.1, -0.05) is 6.07 Å². The number of halogens is 1. The molecule has 0 aliphatic heterocycles. The smallest absolute Gasteiger partial charge is 0.265 e. The summed E-state index contributed by atoms with van der Waals surface area (Å²) >= 11 is 0. The standard InChI is InChI=1S/C13H14FN3O2S/c1-9-11(14)7-10(15)8-12(9)20(18,19)17(2)13-5-3-4-6-16-13/h3-8H,15H2,1-2H3. The SMILES string of the molecule is Cc1c(F)cc(N)cc1S(=O)(=O)N(C)c1ccccn1. The van der Waals surface area contributed by atoms with E-state index in [0.29, 0.717) is 0 Å². The molecule has 0 fully saturated rings. The van der Waals surface area contributed by atoms with E-state index >= 15 is 0 Å².